The number of H-pyrrole nitrogens is 1. The number of rotatable bonds is 7. The van der Waals surface area contributed by atoms with E-state index in [0.29, 0.717) is 52.3 Å². The van der Waals surface area contributed by atoms with Gasteiger partial charge in [-0.15, -0.1) is 5.10 Å². The lowest BCUT2D eigenvalue weighted by Gasteiger charge is -2.13. The van der Waals surface area contributed by atoms with Crippen LogP contribution in [0.1, 0.15) is 11.5 Å². The van der Waals surface area contributed by atoms with E-state index in [2.05, 4.69) is 35.8 Å². The Morgan fingerprint density at radius 3 is 2.52 bits per heavy atom. The van der Waals surface area contributed by atoms with Gasteiger partial charge in [0.1, 0.15) is 17.2 Å². The average molecular weight is 440 g/mol. The van der Waals surface area contributed by atoms with Crippen molar-refractivity contribution in [2.45, 2.75) is 18.4 Å². The third-order valence-electron chi connectivity index (χ3n) is 4.40. The Morgan fingerprint density at radius 1 is 1.00 bits per heavy atom. The van der Waals surface area contributed by atoms with Gasteiger partial charge >= 0.3 is 0 Å². The van der Waals surface area contributed by atoms with Crippen LogP contribution in [0.5, 0.6) is 0 Å². The topological polar surface area (TPSA) is 135 Å². The Kier molecular flexibility index (Phi) is 5.53. The van der Waals surface area contributed by atoms with Gasteiger partial charge < -0.3 is 20.4 Å². The number of methoxy groups -OCH3 is 1. The number of aromatic amines is 1. The van der Waals surface area contributed by atoms with Crippen LogP contribution in [0, 0.1) is 6.92 Å². The zero-order valence-electron chi connectivity index (χ0n) is 17.2. The first kappa shape index (κ1) is 20.7. The number of fused-ring (bicyclic) bond motifs is 1. The molecule has 0 amide bonds. The van der Waals surface area contributed by atoms with Crippen LogP contribution >= 0.6 is 0 Å². The summed E-state index contributed by atoms with van der Waals surface area (Å²) in [4.78, 5) is 12.3. The van der Waals surface area contributed by atoms with Crippen molar-refractivity contribution in [1.29, 1.82) is 0 Å². The number of para-hydroxylation sites is 1. The minimum Gasteiger partial charge on any atom is -0.378 e. The van der Waals surface area contributed by atoms with Crippen LogP contribution < -0.4 is 10.6 Å². The number of hydrogen-bond acceptors (Lipinski definition) is 9. The summed E-state index contributed by atoms with van der Waals surface area (Å²) in [7, 11) is -1.82. The van der Waals surface area contributed by atoms with E-state index >= 15 is 0 Å². The number of nitrogens with one attached hydrogen (secondary N) is 3. The second-order valence-electron chi connectivity index (χ2n) is 6.94. The minimum atomic E-state index is -3.42. The first-order chi connectivity index (χ1) is 14.8. The van der Waals surface area contributed by atoms with E-state index in [4.69, 9.17) is 4.74 Å². The molecule has 4 rings (SSSR count). The van der Waals surface area contributed by atoms with E-state index < -0.39 is 9.84 Å². The maximum atomic E-state index is 12.2. The highest BCUT2D eigenvalue weighted by Gasteiger charge is 2.16. The van der Waals surface area contributed by atoms with Crippen molar-refractivity contribution >= 4 is 44.0 Å². The van der Waals surface area contributed by atoms with Gasteiger partial charge in [0.25, 0.3) is 0 Å². The Labute approximate surface area is 179 Å². The molecule has 0 unspecified atom stereocenters. The van der Waals surface area contributed by atoms with Crippen molar-refractivity contribution < 1.29 is 13.2 Å². The Bertz CT molecular complexity index is 1330. The SMILES string of the molecule is COCc1ccc(Nc2cc(Nc3ccccc3S(C)(=O)=O)c3[nH]c(C)nc3n2)nn1. The number of pyridine rings is 1. The Balaban J connectivity index is 1.72. The number of aromatic nitrogens is 5. The van der Waals surface area contributed by atoms with Crippen molar-refractivity contribution in [3.8, 4) is 0 Å². The van der Waals surface area contributed by atoms with Crippen LogP contribution in [0.15, 0.2) is 47.4 Å². The zero-order chi connectivity index (χ0) is 22.0. The largest absolute Gasteiger partial charge is 0.378 e. The van der Waals surface area contributed by atoms with Crippen molar-refractivity contribution in [1.82, 2.24) is 25.1 Å². The zero-order valence-corrected chi connectivity index (χ0v) is 18.0. The first-order valence-corrected chi connectivity index (χ1v) is 11.2. The van der Waals surface area contributed by atoms with Gasteiger partial charge in [-0.05, 0) is 31.2 Å². The molecule has 31 heavy (non-hydrogen) atoms. The van der Waals surface area contributed by atoms with E-state index in [0.717, 1.165) is 0 Å². The van der Waals surface area contributed by atoms with E-state index in [1.807, 2.05) is 6.92 Å². The van der Waals surface area contributed by atoms with Crippen molar-refractivity contribution in [2.24, 2.45) is 0 Å². The highest BCUT2D eigenvalue weighted by molar-refractivity contribution is 7.90. The fourth-order valence-electron chi connectivity index (χ4n) is 3.09. The normalized spacial score (nSPS) is 11.6. The summed E-state index contributed by atoms with van der Waals surface area (Å²) in [5.74, 6) is 1.66. The smallest absolute Gasteiger partial charge is 0.181 e. The predicted octanol–water partition coefficient (Wildman–Crippen LogP) is 3.09. The van der Waals surface area contributed by atoms with Crippen molar-refractivity contribution in [3.63, 3.8) is 0 Å². The maximum absolute atomic E-state index is 12.2. The second-order valence-corrected chi connectivity index (χ2v) is 8.92. The molecule has 0 aliphatic rings. The lowest BCUT2D eigenvalue weighted by atomic mass is 10.2. The van der Waals surface area contributed by atoms with E-state index in [1.54, 1.807) is 49.6 Å². The number of aryl methyl sites for hydroxylation is 1. The number of benzene rings is 1. The number of nitrogens with zero attached hydrogens (tertiary/aromatic N) is 4. The van der Waals surface area contributed by atoms with Gasteiger partial charge in [0.15, 0.2) is 21.3 Å². The molecule has 160 valence electrons. The lowest BCUT2D eigenvalue weighted by Crippen LogP contribution is -2.04. The van der Waals surface area contributed by atoms with Gasteiger partial charge in [0.2, 0.25) is 0 Å². The molecule has 0 saturated carbocycles. The molecule has 0 bridgehead atoms. The summed E-state index contributed by atoms with van der Waals surface area (Å²) >= 11 is 0. The quantitative estimate of drug-likeness (QED) is 0.397. The molecule has 3 heterocycles. The summed E-state index contributed by atoms with van der Waals surface area (Å²) in [6, 6.07) is 12.0. The van der Waals surface area contributed by atoms with Crippen LogP contribution in [0.3, 0.4) is 0 Å². The van der Waals surface area contributed by atoms with E-state index in [-0.39, 0.29) is 4.90 Å². The highest BCUT2D eigenvalue weighted by Crippen LogP contribution is 2.30. The van der Waals surface area contributed by atoms with Crippen LogP contribution in [0.4, 0.5) is 23.0 Å². The van der Waals surface area contributed by atoms with Gasteiger partial charge in [0, 0.05) is 19.4 Å². The Morgan fingerprint density at radius 2 is 1.81 bits per heavy atom. The monoisotopic (exact) mass is 439 g/mol. The highest BCUT2D eigenvalue weighted by atomic mass is 32.2. The maximum Gasteiger partial charge on any atom is 0.181 e. The van der Waals surface area contributed by atoms with Gasteiger partial charge in [-0.2, -0.15) is 5.10 Å². The lowest BCUT2D eigenvalue weighted by molar-refractivity contribution is 0.180. The first-order valence-electron chi connectivity index (χ1n) is 9.35. The van der Waals surface area contributed by atoms with Crippen molar-refractivity contribution in [2.75, 3.05) is 24.0 Å². The summed E-state index contributed by atoms with van der Waals surface area (Å²) in [6.07, 6.45) is 1.18. The van der Waals surface area contributed by atoms with Gasteiger partial charge in [0.05, 0.1) is 28.6 Å². The standard InChI is InChI=1S/C20H21N7O3S/c1-12-21-19-15(23-14-6-4-5-7-16(14)31(3,28)29)10-18(25-20(19)22-12)24-17-9-8-13(11-30-2)26-27-17/h4-10H,11H2,1-3H3,(H3,21,22,23,24,25,27). The van der Waals surface area contributed by atoms with Crippen LogP contribution in [0.2, 0.25) is 0 Å². The molecule has 10 nitrogen and oxygen atoms in total. The number of hydrogen-bond donors (Lipinski definition) is 3. The van der Waals surface area contributed by atoms with Gasteiger partial charge in [-0.25, -0.2) is 18.4 Å². The van der Waals surface area contributed by atoms with Crippen LogP contribution in [-0.4, -0.2) is 46.9 Å². The predicted molar refractivity (Wildman–Crippen MR) is 117 cm³/mol. The van der Waals surface area contributed by atoms with E-state index in [9.17, 15) is 8.42 Å². The van der Waals surface area contributed by atoms with Crippen LogP contribution in [-0.2, 0) is 21.2 Å². The molecule has 0 radical (unpaired) electrons. The third kappa shape index (κ3) is 4.62. The molecule has 1 aromatic carbocycles. The molecule has 0 aliphatic carbocycles. The fourth-order valence-corrected chi connectivity index (χ4v) is 3.93. The molecule has 0 saturated heterocycles. The molecule has 0 atom stereocenters. The second kappa shape index (κ2) is 8.28. The van der Waals surface area contributed by atoms with Crippen molar-refractivity contribution in [3.05, 3.63) is 54.0 Å². The third-order valence-corrected chi connectivity index (χ3v) is 5.56. The Hall–Kier alpha value is -3.57. The number of ether oxygens (including phenoxy) is 1. The summed E-state index contributed by atoms with van der Waals surface area (Å²) in [5.41, 5.74) is 2.92. The molecule has 3 N–H and O–H groups in total. The molecule has 0 fully saturated rings. The fraction of sp³-hybridized carbons (Fsp3) is 0.200. The van der Waals surface area contributed by atoms with Gasteiger partial charge in [-0.1, -0.05) is 12.1 Å². The summed E-state index contributed by atoms with van der Waals surface area (Å²) < 4.78 is 29.4. The number of imidazole rings is 1. The molecule has 4 aromatic rings. The molecule has 0 aliphatic heterocycles. The molecular weight excluding hydrogens is 418 g/mol. The van der Waals surface area contributed by atoms with Gasteiger partial charge in [-0.3, -0.25) is 0 Å². The minimum absolute atomic E-state index is 0.199. The molecule has 3 aromatic heterocycles. The molecule has 11 heteroatoms. The van der Waals surface area contributed by atoms with Crippen LogP contribution in [0.25, 0.3) is 11.2 Å². The van der Waals surface area contributed by atoms with E-state index in [1.165, 1.54) is 6.26 Å². The summed E-state index contributed by atoms with van der Waals surface area (Å²) in [5, 5.41) is 14.5. The number of sulfone groups is 1. The molecule has 0 spiro atoms. The number of anilines is 4. The average Bonchev–Trinajstić information content (AvgIpc) is 3.10. The molecular formula is C20H21N7O3S. The summed E-state index contributed by atoms with van der Waals surface area (Å²) in [6.45, 7) is 2.20.